The van der Waals surface area contributed by atoms with Crippen molar-refractivity contribution in [2.75, 3.05) is 20.8 Å². The summed E-state index contributed by atoms with van der Waals surface area (Å²) in [5.41, 5.74) is 2.78. The Morgan fingerprint density at radius 3 is 2.51 bits per heavy atom. The van der Waals surface area contributed by atoms with E-state index in [1.807, 2.05) is 0 Å². The molecule has 0 bridgehead atoms. The van der Waals surface area contributed by atoms with Crippen LogP contribution >= 0.6 is 0 Å². The molecular formula is C29H27N5O7. The number of fused-ring (bicyclic) bond motifs is 1. The summed E-state index contributed by atoms with van der Waals surface area (Å²) in [6.45, 7) is 3.58. The fourth-order valence-corrected chi connectivity index (χ4v) is 4.82. The Labute approximate surface area is 233 Å². The van der Waals surface area contributed by atoms with E-state index in [9.17, 15) is 19.7 Å². The number of nitrogens with zero attached hydrogens (tertiary/aromatic N) is 3. The summed E-state index contributed by atoms with van der Waals surface area (Å²) < 4.78 is 17.4. The van der Waals surface area contributed by atoms with E-state index in [1.54, 1.807) is 63.4 Å². The molecule has 0 radical (unpaired) electrons. The minimum atomic E-state index is -0.785. The number of aromatic amines is 2. The van der Waals surface area contributed by atoms with Gasteiger partial charge in [0, 0.05) is 29.1 Å². The molecule has 0 saturated carbocycles. The van der Waals surface area contributed by atoms with Gasteiger partial charge in [0.05, 0.1) is 43.1 Å². The molecule has 1 aliphatic heterocycles. The van der Waals surface area contributed by atoms with Gasteiger partial charge in [-0.25, -0.2) is 9.79 Å². The molecule has 0 saturated heterocycles. The molecule has 0 amide bonds. The topological polar surface area (TPSA) is 154 Å². The summed E-state index contributed by atoms with van der Waals surface area (Å²) in [4.78, 5) is 48.4. The molecule has 5 rings (SSSR count). The van der Waals surface area contributed by atoms with Crippen molar-refractivity contribution in [2.45, 2.75) is 19.9 Å². The van der Waals surface area contributed by atoms with Crippen LogP contribution in [0.25, 0.3) is 17.3 Å². The first-order valence-electron chi connectivity index (χ1n) is 12.7. The number of hydrogen-bond acceptors (Lipinski definition) is 8. The Bertz CT molecular complexity index is 1860. The highest BCUT2D eigenvalue weighted by molar-refractivity contribution is 5.91. The summed E-state index contributed by atoms with van der Waals surface area (Å²) >= 11 is 0. The number of nitrogens with one attached hydrogen (secondary N) is 2. The van der Waals surface area contributed by atoms with E-state index in [0.29, 0.717) is 39.7 Å². The number of methoxy groups -OCH3 is 2. The zero-order valence-electron chi connectivity index (χ0n) is 22.8. The molecule has 12 nitrogen and oxygen atoms in total. The number of esters is 1. The highest BCUT2D eigenvalue weighted by atomic mass is 16.6. The summed E-state index contributed by atoms with van der Waals surface area (Å²) in [5, 5.41) is 11.5. The lowest BCUT2D eigenvalue weighted by Crippen LogP contribution is -2.40. The van der Waals surface area contributed by atoms with Crippen LogP contribution < -0.4 is 26.0 Å². The maximum absolute atomic E-state index is 13.8. The summed E-state index contributed by atoms with van der Waals surface area (Å²) in [7, 11) is 3.04. The van der Waals surface area contributed by atoms with Crippen LogP contribution in [0, 0.1) is 10.1 Å². The summed E-state index contributed by atoms with van der Waals surface area (Å²) in [5.74, 6) is 0.526. The zero-order chi connectivity index (χ0) is 29.3. The number of aromatic nitrogens is 3. The van der Waals surface area contributed by atoms with E-state index in [0.717, 1.165) is 0 Å². The van der Waals surface area contributed by atoms with Gasteiger partial charge in [-0.2, -0.15) is 0 Å². The number of ether oxygens (including phenoxy) is 3. The highest BCUT2D eigenvalue weighted by Crippen LogP contribution is 2.33. The zero-order valence-corrected chi connectivity index (χ0v) is 22.8. The fourth-order valence-electron chi connectivity index (χ4n) is 4.82. The van der Waals surface area contributed by atoms with Crippen molar-refractivity contribution >= 4 is 17.7 Å². The van der Waals surface area contributed by atoms with Crippen LogP contribution in [0.4, 0.5) is 5.69 Å². The van der Waals surface area contributed by atoms with Crippen LogP contribution in [0.2, 0.25) is 0 Å². The Morgan fingerprint density at radius 2 is 1.85 bits per heavy atom. The number of carbonyl (C=O) groups excluding carboxylic acids is 1. The third-order valence-electron chi connectivity index (χ3n) is 6.74. The number of nitro benzene ring substituents is 1. The van der Waals surface area contributed by atoms with Gasteiger partial charge >= 0.3 is 5.97 Å². The number of non-ortho nitro benzene ring substituents is 1. The number of hydrogen-bond donors (Lipinski definition) is 2. The number of carbonyl (C=O) groups is 1. The number of H-pyrrole nitrogens is 2. The molecule has 2 aromatic carbocycles. The average Bonchev–Trinajstić information content (AvgIpc) is 3.56. The lowest BCUT2D eigenvalue weighted by molar-refractivity contribution is -0.384. The van der Waals surface area contributed by atoms with Gasteiger partial charge in [-0.3, -0.25) is 19.5 Å². The van der Waals surface area contributed by atoms with Crippen molar-refractivity contribution in [1.29, 1.82) is 0 Å². The van der Waals surface area contributed by atoms with Gasteiger partial charge < -0.3 is 24.2 Å². The molecule has 1 aliphatic rings. The number of allylic oxidation sites excluding steroid dienone is 1. The Hall–Kier alpha value is -5.39. The van der Waals surface area contributed by atoms with E-state index in [2.05, 4.69) is 15.0 Å². The second-order valence-electron chi connectivity index (χ2n) is 9.16. The van der Waals surface area contributed by atoms with Gasteiger partial charge in [-0.1, -0.05) is 12.1 Å². The van der Waals surface area contributed by atoms with Crippen LogP contribution in [0.15, 0.2) is 75.7 Å². The van der Waals surface area contributed by atoms with Crippen LogP contribution in [0.3, 0.4) is 0 Å². The van der Waals surface area contributed by atoms with E-state index in [1.165, 1.54) is 29.9 Å². The molecule has 12 heteroatoms. The van der Waals surface area contributed by atoms with Gasteiger partial charge in [0.15, 0.2) is 0 Å². The van der Waals surface area contributed by atoms with Crippen molar-refractivity contribution < 1.29 is 23.9 Å². The van der Waals surface area contributed by atoms with E-state index in [-0.39, 0.29) is 28.8 Å². The van der Waals surface area contributed by atoms with Gasteiger partial charge in [0.25, 0.3) is 11.2 Å². The third-order valence-corrected chi connectivity index (χ3v) is 6.74. The van der Waals surface area contributed by atoms with Crippen LogP contribution in [0.5, 0.6) is 11.5 Å². The quantitative estimate of drug-likeness (QED) is 0.192. The SMILES string of the molecule is CCOC(=O)C1=C(C)N=c2[nH]c(=Cc3ccc(-c4cc([N+](=O)[O-])ccc4OC)[nH]3)c(=O)n2C1c1ccc(OC)cc1. The fraction of sp³-hybridized carbons (Fsp3) is 0.207. The maximum atomic E-state index is 13.8. The molecule has 0 aliphatic carbocycles. The van der Waals surface area contributed by atoms with Gasteiger partial charge in [-0.05, 0) is 55.8 Å². The average molecular weight is 558 g/mol. The molecular weight excluding hydrogens is 530 g/mol. The summed E-state index contributed by atoms with van der Waals surface area (Å²) in [6, 6.07) is 14.1. The lowest BCUT2D eigenvalue weighted by Gasteiger charge is -2.24. The van der Waals surface area contributed by atoms with Crippen LogP contribution in [-0.4, -0.2) is 46.3 Å². The lowest BCUT2D eigenvalue weighted by atomic mass is 9.96. The molecule has 1 unspecified atom stereocenters. The predicted molar refractivity (Wildman–Crippen MR) is 149 cm³/mol. The second kappa shape index (κ2) is 11.0. The minimum Gasteiger partial charge on any atom is -0.497 e. The first-order valence-corrected chi connectivity index (χ1v) is 12.7. The number of benzene rings is 2. The molecule has 41 heavy (non-hydrogen) atoms. The van der Waals surface area contributed by atoms with Crippen molar-refractivity contribution in [1.82, 2.24) is 14.5 Å². The molecule has 2 N–H and O–H groups in total. The van der Waals surface area contributed by atoms with Gasteiger partial charge in [-0.15, -0.1) is 0 Å². The monoisotopic (exact) mass is 557 g/mol. The van der Waals surface area contributed by atoms with E-state index < -0.39 is 22.5 Å². The molecule has 3 heterocycles. The standard InChI is InChI=1S/C29H27N5O7/c1-5-41-28(36)25-16(2)30-29-32-23(27(35)33(29)26(25)17-6-10-20(39-3)11-7-17)14-18-8-12-22(31-18)21-15-19(34(37)38)9-13-24(21)40-4/h6-15,26,31H,5H2,1-4H3,(H,30,32). The Balaban J connectivity index is 1.62. The Kier molecular flexibility index (Phi) is 7.30. The molecule has 0 fully saturated rings. The maximum Gasteiger partial charge on any atom is 0.338 e. The normalized spacial score (nSPS) is 14.8. The van der Waals surface area contributed by atoms with Crippen molar-refractivity contribution in [3.8, 4) is 22.8 Å². The Morgan fingerprint density at radius 1 is 1.10 bits per heavy atom. The molecule has 210 valence electrons. The number of nitro groups is 1. The van der Waals surface area contributed by atoms with Crippen LogP contribution in [0.1, 0.15) is 31.1 Å². The molecule has 2 aromatic heterocycles. The van der Waals surface area contributed by atoms with E-state index in [4.69, 9.17) is 14.2 Å². The van der Waals surface area contributed by atoms with Gasteiger partial charge in [0.2, 0.25) is 5.62 Å². The van der Waals surface area contributed by atoms with Crippen molar-refractivity contribution in [2.24, 2.45) is 4.99 Å². The minimum absolute atomic E-state index is 0.0809. The highest BCUT2D eigenvalue weighted by Gasteiger charge is 2.33. The largest absolute Gasteiger partial charge is 0.497 e. The molecule has 1 atom stereocenters. The van der Waals surface area contributed by atoms with Crippen LogP contribution in [-0.2, 0) is 9.53 Å². The predicted octanol–water partition coefficient (Wildman–Crippen LogP) is 2.99. The third kappa shape index (κ3) is 5.02. The summed E-state index contributed by atoms with van der Waals surface area (Å²) in [6.07, 6.45) is 1.61. The molecule has 4 aromatic rings. The van der Waals surface area contributed by atoms with Gasteiger partial charge in [0.1, 0.15) is 16.8 Å². The molecule has 0 spiro atoms. The van der Waals surface area contributed by atoms with Crippen molar-refractivity contribution in [3.63, 3.8) is 0 Å². The first-order chi connectivity index (χ1) is 19.7. The smallest absolute Gasteiger partial charge is 0.338 e. The first kappa shape index (κ1) is 27.2. The number of imidazole rings is 1. The van der Waals surface area contributed by atoms with E-state index >= 15 is 0 Å². The number of rotatable bonds is 8. The second-order valence-corrected chi connectivity index (χ2v) is 9.16. The van der Waals surface area contributed by atoms with Crippen molar-refractivity contribution in [3.05, 3.63) is 109 Å².